The number of rotatable bonds is 10. The van der Waals surface area contributed by atoms with Crippen molar-refractivity contribution in [3.05, 3.63) is 39.4 Å². The molecule has 13 heteroatoms. The monoisotopic (exact) mass is 605 g/mol. The van der Waals surface area contributed by atoms with Gasteiger partial charge in [-0.05, 0) is 38.8 Å². The fourth-order valence-corrected chi connectivity index (χ4v) is 7.67. The maximum Gasteiger partial charge on any atom is 0.277 e. The molecule has 0 aromatic carbocycles. The van der Waals surface area contributed by atoms with Crippen LogP contribution in [0.3, 0.4) is 0 Å². The highest BCUT2D eigenvalue weighted by atomic mass is 35.5. The highest BCUT2D eigenvalue weighted by Crippen LogP contribution is 2.38. The average molecular weight is 606 g/mol. The standard InChI is InChI=1S/C27H36ClN7O3S2/c1-3-19-5-4-7-34(19)15-22-25(21-11-18(28)16-39-21)31-27(40-22)32-26(38)20-12-30-23(13-29-20)35-10-9-33(14-17(35)2)8-6-24(36)37/h11-13,16-17,19,24,36-37H,3-10,14-15H2,1-2H3,(H,31,32,38)/t17-,19-/m1/s1. The molecule has 3 aromatic heterocycles. The number of thiophene rings is 1. The van der Waals surface area contributed by atoms with Gasteiger partial charge in [-0.3, -0.25) is 19.9 Å². The molecule has 216 valence electrons. The lowest BCUT2D eigenvalue weighted by molar-refractivity contribution is -0.0509. The molecule has 2 saturated heterocycles. The summed E-state index contributed by atoms with van der Waals surface area (Å²) in [6, 6.07) is 2.69. The van der Waals surface area contributed by atoms with Gasteiger partial charge in [0.1, 0.15) is 11.5 Å². The molecule has 0 spiro atoms. The first-order valence-corrected chi connectivity index (χ1v) is 15.8. The van der Waals surface area contributed by atoms with Crippen molar-refractivity contribution in [1.82, 2.24) is 24.8 Å². The molecular weight excluding hydrogens is 570 g/mol. The number of aliphatic hydroxyl groups excluding tert-OH is 1. The normalized spacial score (nSPS) is 20.5. The lowest BCUT2D eigenvalue weighted by Crippen LogP contribution is -2.52. The van der Waals surface area contributed by atoms with E-state index in [2.05, 4.69) is 43.8 Å². The summed E-state index contributed by atoms with van der Waals surface area (Å²) in [5.74, 6) is 0.374. The third-order valence-corrected chi connectivity index (χ3v) is 9.86. The fraction of sp³-hybridized carbons (Fsp3) is 0.556. The predicted octanol–water partition coefficient (Wildman–Crippen LogP) is 4.15. The molecule has 0 unspecified atom stereocenters. The van der Waals surface area contributed by atoms with Crippen molar-refractivity contribution in [3.63, 3.8) is 0 Å². The van der Waals surface area contributed by atoms with Gasteiger partial charge in [-0.15, -0.1) is 11.3 Å². The van der Waals surface area contributed by atoms with Crippen LogP contribution in [0.1, 0.15) is 54.9 Å². The average Bonchev–Trinajstić information content (AvgIpc) is 3.67. The van der Waals surface area contributed by atoms with Gasteiger partial charge in [0.2, 0.25) is 0 Å². The fourth-order valence-electron chi connectivity index (χ4n) is 5.51. The number of aromatic nitrogens is 3. The number of aliphatic hydroxyl groups is 2. The lowest BCUT2D eigenvalue weighted by atomic mass is 10.1. The van der Waals surface area contributed by atoms with Gasteiger partial charge in [-0.25, -0.2) is 15.0 Å². The predicted molar refractivity (Wildman–Crippen MR) is 160 cm³/mol. The van der Waals surface area contributed by atoms with Crippen LogP contribution in [0.5, 0.6) is 0 Å². The van der Waals surface area contributed by atoms with Crippen LogP contribution in [0.25, 0.3) is 10.6 Å². The number of likely N-dealkylation sites (tertiary alicyclic amines) is 1. The van der Waals surface area contributed by atoms with Crippen LogP contribution in [-0.4, -0.2) is 92.0 Å². The molecular formula is C27H36ClN7O3S2. The van der Waals surface area contributed by atoms with E-state index in [1.807, 2.05) is 11.4 Å². The zero-order valence-corrected chi connectivity index (χ0v) is 25.2. The van der Waals surface area contributed by atoms with Gasteiger partial charge >= 0.3 is 0 Å². The van der Waals surface area contributed by atoms with E-state index in [9.17, 15) is 4.79 Å². The van der Waals surface area contributed by atoms with Crippen molar-refractivity contribution in [2.24, 2.45) is 0 Å². The smallest absolute Gasteiger partial charge is 0.277 e. The molecule has 5 heterocycles. The molecule has 3 N–H and O–H groups in total. The summed E-state index contributed by atoms with van der Waals surface area (Å²) >= 11 is 9.29. The van der Waals surface area contributed by atoms with E-state index in [1.165, 1.54) is 30.4 Å². The maximum absolute atomic E-state index is 13.1. The number of hydrogen-bond acceptors (Lipinski definition) is 11. The summed E-state index contributed by atoms with van der Waals surface area (Å²) in [5, 5.41) is 24.4. The summed E-state index contributed by atoms with van der Waals surface area (Å²) in [5.41, 5.74) is 1.11. The number of piperazine rings is 1. The first-order valence-electron chi connectivity index (χ1n) is 13.8. The highest BCUT2D eigenvalue weighted by molar-refractivity contribution is 7.17. The van der Waals surface area contributed by atoms with E-state index in [0.717, 1.165) is 60.4 Å². The Morgan fingerprint density at radius 2 is 2.10 bits per heavy atom. The van der Waals surface area contributed by atoms with Gasteiger partial charge in [0, 0.05) is 61.5 Å². The Hall–Kier alpha value is -2.19. The Morgan fingerprint density at radius 1 is 1.25 bits per heavy atom. The minimum Gasteiger partial charge on any atom is -0.368 e. The van der Waals surface area contributed by atoms with E-state index in [4.69, 9.17) is 26.8 Å². The Morgan fingerprint density at radius 3 is 2.77 bits per heavy atom. The zero-order valence-electron chi connectivity index (χ0n) is 22.8. The number of halogens is 1. The third-order valence-electron chi connectivity index (χ3n) is 7.62. The van der Waals surface area contributed by atoms with Gasteiger partial charge in [0.05, 0.1) is 28.0 Å². The van der Waals surface area contributed by atoms with E-state index >= 15 is 0 Å². The van der Waals surface area contributed by atoms with E-state index in [-0.39, 0.29) is 17.6 Å². The molecule has 2 atom stereocenters. The van der Waals surface area contributed by atoms with Crippen molar-refractivity contribution in [1.29, 1.82) is 0 Å². The van der Waals surface area contributed by atoms with Crippen LogP contribution >= 0.6 is 34.3 Å². The van der Waals surface area contributed by atoms with Gasteiger partial charge in [-0.1, -0.05) is 29.9 Å². The summed E-state index contributed by atoms with van der Waals surface area (Å²) in [6.45, 7) is 9.18. The molecule has 0 radical (unpaired) electrons. The minimum absolute atomic E-state index is 0.180. The Kier molecular flexibility index (Phi) is 9.67. The van der Waals surface area contributed by atoms with E-state index < -0.39 is 6.29 Å². The number of amides is 1. The first-order chi connectivity index (χ1) is 19.3. The van der Waals surface area contributed by atoms with Crippen molar-refractivity contribution >= 4 is 51.1 Å². The van der Waals surface area contributed by atoms with E-state index in [1.54, 1.807) is 17.5 Å². The Balaban J connectivity index is 1.25. The second-order valence-electron chi connectivity index (χ2n) is 10.4. The molecule has 40 heavy (non-hydrogen) atoms. The second kappa shape index (κ2) is 13.2. The zero-order chi connectivity index (χ0) is 28.2. The van der Waals surface area contributed by atoms with Gasteiger partial charge in [0.25, 0.3) is 5.91 Å². The molecule has 0 aliphatic carbocycles. The number of nitrogens with one attached hydrogen (secondary N) is 1. The van der Waals surface area contributed by atoms with Crippen molar-refractivity contribution in [3.8, 4) is 10.6 Å². The maximum atomic E-state index is 13.1. The minimum atomic E-state index is -1.28. The summed E-state index contributed by atoms with van der Waals surface area (Å²) in [6.07, 6.45) is 5.75. The van der Waals surface area contributed by atoms with Gasteiger partial charge < -0.3 is 15.1 Å². The number of nitrogens with zero attached hydrogens (tertiary/aromatic N) is 6. The molecule has 1 amide bonds. The number of anilines is 2. The highest BCUT2D eigenvalue weighted by Gasteiger charge is 2.27. The molecule has 0 saturated carbocycles. The van der Waals surface area contributed by atoms with Crippen molar-refractivity contribution in [2.45, 2.75) is 64.4 Å². The van der Waals surface area contributed by atoms with Crippen LogP contribution < -0.4 is 10.2 Å². The van der Waals surface area contributed by atoms with Crippen LogP contribution in [-0.2, 0) is 6.54 Å². The molecule has 3 aromatic rings. The van der Waals surface area contributed by atoms with E-state index in [0.29, 0.717) is 29.2 Å². The topological polar surface area (TPSA) is 118 Å². The largest absolute Gasteiger partial charge is 0.368 e. The number of carbonyl (C=O) groups is 1. The molecule has 2 aliphatic rings. The van der Waals surface area contributed by atoms with Crippen LogP contribution in [0, 0.1) is 0 Å². The summed E-state index contributed by atoms with van der Waals surface area (Å²) in [7, 11) is 0. The first kappa shape index (κ1) is 29.3. The van der Waals surface area contributed by atoms with Crippen LogP contribution in [0.15, 0.2) is 23.8 Å². The number of carbonyl (C=O) groups excluding carboxylic acids is 1. The quantitative estimate of drug-likeness (QED) is 0.293. The molecule has 5 rings (SSSR count). The molecule has 2 aliphatic heterocycles. The SMILES string of the molecule is CC[C@@H]1CCCN1Cc1sc(NC(=O)c2cnc(N3CCN(CCC(O)O)C[C@H]3C)cn2)nc1-c1cc(Cl)cs1. The summed E-state index contributed by atoms with van der Waals surface area (Å²) < 4.78 is 0. The number of hydrogen-bond donors (Lipinski definition) is 3. The second-order valence-corrected chi connectivity index (χ2v) is 12.9. The van der Waals surface area contributed by atoms with Gasteiger partial charge in [0.15, 0.2) is 11.4 Å². The van der Waals surface area contributed by atoms with Gasteiger partial charge in [-0.2, -0.15) is 0 Å². The third kappa shape index (κ3) is 6.99. The Labute approximate surface area is 247 Å². The molecule has 0 bridgehead atoms. The number of thiazole rings is 1. The lowest BCUT2D eigenvalue weighted by Gasteiger charge is -2.40. The Bertz CT molecular complexity index is 1290. The molecule has 10 nitrogen and oxygen atoms in total. The van der Waals surface area contributed by atoms with Crippen LogP contribution in [0.4, 0.5) is 10.9 Å². The van der Waals surface area contributed by atoms with Crippen LogP contribution in [0.2, 0.25) is 5.02 Å². The summed E-state index contributed by atoms with van der Waals surface area (Å²) in [4.78, 5) is 35.9. The van der Waals surface area contributed by atoms with Crippen molar-refractivity contribution in [2.75, 3.05) is 42.9 Å². The van der Waals surface area contributed by atoms with Crippen molar-refractivity contribution < 1.29 is 15.0 Å². The molecule has 2 fully saturated rings.